The number of anilines is 1. The molecule has 0 bridgehead atoms. The summed E-state index contributed by atoms with van der Waals surface area (Å²) >= 11 is 1.68. The minimum absolute atomic E-state index is 0.0205. The number of rotatable bonds is 4. The molecule has 5 heteroatoms. The maximum absolute atomic E-state index is 5.94. The second-order valence-corrected chi connectivity index (χ2v) is 5.78. The van der Waals surface area contributed by atoms with Crippen molar-refractivity contribution in [2.45, 2.75) is 11.0 Å². The number of hydrogen-bond acceptors (Lipinski definition) is 5. The first kappa shape index (κ1) is 13.9. The van der Waals surface area contributed by atoms with E-state index in [2.05, 4.69) is 0 Å². The van der Waals surface area contributed by atoms with Crippen LogP contribution in [0.5, 0.6) is 17.2 Å². The molecule has 0 aliphatic carbocycles. The van der Waals surface area contributed by atoms with E-state index in [0.29, 0.717) is 12.3 Å². The minimum Gasteiger partial charge on any atom is -0.496 e. The molecule has 4 nitrogen and oxygen atoms in total. The highest BCUT2D eigenvalue weighted by molar-refractivity contribution is 7.99. The normalized spacial score (nSPS) is 16.5. The lowest BCUT2D eigenvalue weighted by Crippen LogP contribution is -2.31. The number of para-hydroxylation sites is 2. The molecule has 0 saturated carbocycles. The third-order valence-corrected chi connectivity index (χ3v) is 4.37. The summed E-state index contributed by atoms with van der Waals surface area (Å²) in [4.78, 5) is 1.05. The maximum atomic E-state index is 5.94. The Labute approximate surface area is 128 Å². The highest BCUT2D eigenvalue weighted by atomic mass is 32.2. The predicted molar refractivity (Wildman–Crippen MR) is 84.5 cm³/mol. The first-order valence-corrected chi connectivity index (χ1v) is 7.69. The Morgan fingerprint density at radius 2 is 2.05 bits per heavy atom. The van der Waals surface area contributed by atoms with Gasteiger partial charge in [0.05, 0.1) is 7.11 Å². The third kappa shape index (κ3) is 3.19. The summed E-state index contributed by atoms with van der Waals surface area (Å²) in [5, 5.41) is 0. The average molecular weight is 303 g/mol. The highest BCUT2D eigenvalue weighted by Crippen LogP contribution is 2.35. The van der Waals surface area contributed by atoms with Gasteiger partial charge >= 0.3 is 0 Å². The zero-order chi connectivity index (χ0) is 14.7. The fraction of sp³-hybridized carbons (Fsp3) is 0.250. The van der Waals surface area contributed by atoms with Gasteiger partial charge in [-0.25, -0.2) is 0 Å². The lowest BCUT2D eigenvalue weighted by molar-refractivity contribution is 0.107. The van der Waals surface area contributed by atoms with Crippen molar-refractivity contribution in [2.24, 2.45) is 0 Å². The predicted octanol–water partition coefficient (Wildman–Crippen LogP) is 3.21. The third-order valence-electron chi connectivity index (χ3n) is 3.18. The molecule has 1 aliphatic rings. The van der Waals surface area contributed by atoms with Gasteiger partial charge in [-0.05, 0) is 24.3 Å². The maximum Gasteiger partial charge on any atom is 0.161 e. The molecule has 0 saturated heterocycles. The van der Waals surface area contributed by atoms with Crippen LogP contribution in [0.15, 0.2) is 47.4 Å². The standard InChI is InChI=1S/C16H17NO3S/c1-18-15-8-11(17)6-7-16(15)21-10-12-9-19-13-4-2-3-5-14(13)20-12/h2-8,12H,9-10,17H2,1H3. The summed E-state index contributed by atoms with van der Waals surface area (Å²) < 4.78 is 17.0. The molecule has 3 rings (SSSR count). The van der Waals surface area contributed by atoms with E-state index in [1.807, 2.05) is 42.5 Å². The summed E-state index contributed by atoms with van der Waals surface area (Å²) in [6.45, 7) is 0.557. The van der Waals surface area contributed by atoms with E-state index >= 15 is 0 Å². The van der Waals surface area contributed by atoms with Gasteiger partial charge in [0, 0.05) is 22.4 Å². The van der Waals surface area contributed by atoms with Gasteiger partial charge in [0.25, 0.3) is 0 Å². The van der Waals surface area contributed by atoms with E-state index in [0.717, 1.165) is 27.9 Å². The Bertz CT molecular complexity index is 633. The van der Waals surface area contributed by atoms with Crippen molar-refractivity contribution in [3.8, 4) is 17.2 Å². The Kier molecular flexibility index (Phi) is 4.10. The molecule has 0 radical (unpaired) electrons. The fourth-order valence-corrected chi connectivity index (χ4v) is 3.11. The number of hydrogen-bond donors (Lipinski definition) is 1. The van der Waals surface area contributed by atoms with Crippen molar-refractivity contribution in [3.05, 3.63) is 42.5 Å². The van der Waals surface area contributed by atoms with Gasteiger partial charge < -0.3 is 19.9 Å². The molecule has 0 aromatic heterocycles. The number of methoxy groups -OCH3 is 1. The van der Waals surface area contributed by atoms with Crippen LogP contribution in [0.2, 0.25) is 0 Å². The molecule has 2 aromatic rings. The number of benzene rings is 2. The Hall–Kier alpha value is -2.01. The average Bonchev–Trinajstić information content (AvgIpc) is 2.53. The van der Waals surface area contributed by atoms with Gasteiger partial charge in [0.2, 0.25) is 0 Å². The van der Waals surface area contributed by atoms with Crippen molar-refractivity contribution >= 4 is 17.4 Å². The van der Waals surface area contributed by atoms with Crippen LogP contribution in [-0.2, 0) is 0 Å². The van der Waals surface area contributed by atoms with Gasteiger partial charge in [0.1, 0.15) is 18.5 Å². The van der Waals surface area contributed by atoms with Gasteiger partial charge in [0.15, 0.2) is 11.5 Å². The first-order chi connectivity index (χ1) is 10.3. The number of nitrogen functional groups attached to an aromatic ring is 1. The Morgan fingerprint density at radius 3 is 2.86 bits per heavy atom. The van der Waals surface area contributed by atoms with E-state index in [4.69, 9.17) is 19.9 Å². The van der Waals surface area contributed by atoms with E-state index in [9.17, 15) is 0 Å². The quantitative estimate of drug-likeness (QED) is 0.694. The van der Waals surface area contributed by atoms with Gasteiger partial charge in [-0.1, -0.05) is 12.1 Å². The zero-order valence-corrected chi connectivity index (χ0v) is 12.6. The molecule has 2 aromatic carbocycles. The van der Waals surface area contributed by atoms with Crippen LogP contribution in [0.3, 0.4) is 0 Å². The smallest absolute Gasteiger partial charge is 0.161 e. The summed E-state index contributed by atoms with van der Waals surface area (Å²) in [5.41, 5.74) is 6.46. The number of ether oxygens (including phenoxy) is 3. The molecule has 1 atom stereocenters. The molecule has 0 amide bonds. The molecule has 0 spiro atoms. The SMILES string of the molecule is COc1cc(N)ccc1SCC1COc2ccccc2O1. The largest absolute Gasteiger partial charge is 0.496 e. The van der Waals surface area contributed by atoms with Crippen LogP contribution in [0.25, 0.3) is 0 Å². The monoisotopic (exact) mass is 303 g/mol. The molecule has 1 unspecified atom stereocenters. The summed E-state index contributed by atoms with van der Waals surface area (Å²) in [7, 11) is 1.65. The van der Waals surface area contributed by atoms with Crippen molar-refractivity contribution in [1.29, 1.82) is 0 Å². The van der Waals surface area contributed by atoms with E-state index in [1.165, 1.54) is 0 Å². The van der Waals surface area contributed by atoms with Crippen molar-refractivity contribution in [1.82, 2.24) is 0 Å². The van der Waals surface area contributed by atoms with Gasteiger partial charge in [-0.15, -0.1) is 11.8 Å². The van der Waals surface area contributed by atoms with Crippen LogP contribution >= 0.6 is 11.8 Å². The number of fused-ring (bicyclic) bond motifs is 1. The molecule has 1 heterocycles. The minimum atomic E-state index is 0.0205. The van der Waals surface area contributed by atoms with Crippen molar-refractivity contribution < 1.29 is 14.2 Å². The molecule has 2 N–H and O–H groups in total. The molecule has 21 heavy (non-hydrogen) atoms. The van der Waals surface area contributed by atoms with Gasteiger partial charge in [-0.3, -0.25) is 0 Å². The van der Waals surface area contributed by atoms with Crippen molar-refractivity contribution in [2.75, 3.05) is 25.2 Å². The summed E-state index contributed by atoms with van der Waals surface area (Å²) in [6.07, 6.45) is 0.0205. The lowest BCUT2D eigenvalue weighted by atomic mass is 10.3. The molecular weight excluding hydrogens is 286 g/mol. The second-order valence-electron chi connectivity index (χ2n) is 4.72. The lowest BCUT2D eigenvalue weighted by Gasteiger charge is -2.26. The van der Waals surface area contributed by atoms with Crippen molar-refractivity contribution in [3.63, 3.8) is 0 Å². The van der Waals surface area contributed by atoms with Crippen LogP contribution in [0.1, 0.15) is 0 Å². The van der Waals surface area contributed by atoms with Gasteiger partial charge in [-0.2, -0.15) is 0 Å². The topological polar surface area (TPSA) is 53.7 Å². The van der Waals surface area contributed by atoms with Crippen LogP contribution < -0.4 is 19.9 Å². The van der Waals surface area contributed by atoms with Crippen LogP contribution in [0.4, 0.5) is 5.69 Å². The molecule has 110 valence electrons. The number of thioether (sulfide) groups is 1. The van der Waals surface area contributed by atoms with E-state index < -0.39 is 0 Å². The fourth-order valence-electron chi connectivity index (χ4n) is 2.13. The Balaban J connectivity index is 1.64. The first-order valence-electron chi connectivity index (χ1n) is 6.71. The number of nitrogens with two attached hydrogens (primary N) is 1. The van der Waals surface area contributed by atoms with Crippen LogP contribution in [0, 0.1) is 0 Å². The molecule has 1 aliphatic heterocycles. The molecular formula is C16H17NO3S. The summed E-state index contributed by atoms with van der Waals surface area (Å²) in [6, 6.07) is 13.4. The zero-order valence-electron chi connectivity index (χ0n) is 11.7. The summed E-state index contributed by atoms with van der Waals surface area (Å²) in [5.74, 6) is 3.19. The van der Waals surface area contributed by atoms with Crippen LogP contribution in [-0.4, -0.2) is 25.6 Å². The van der Waals surface area contributed by atoms with E-state index in [1.54, 1.807) is 18.9 Å². The molecule has 0 fully saturated rings. The van der Waals surface area contributed by atoms with E-state index in [-0.39, 0.29) is 6.10 Å². The highest BCUT2D eigenvalue weighted by Gasteiger charge is 2.21. The second kappa shape index (κ2) is 6.18. The Morgan fingerprint density at radius 1 is 1.24 bits per heavy atom.